The minimum absolute atomic E-state index is 0. The molecule has 0 aromatic carbocycles. The highest BCUT2D eigenvalue weighted by Crippen LogP contribution is 2.54. The lowest BCUT2D eigenvalue weighted by molar-refractivity contribution is 0.00523. The Morgan fingerprint density at radius 1 is 1.42 bits per heavy atom. The predicted octanol–water partition coefficient (Wildman–Crippen LogP) is 2.22. The fourth-order valence-corrected chi connectivity index (χ4v) is 3.91. The molecule has 3 fully saturated rings. The number of fused-ring (bicyclic) bond motifs is 2. The lowest BCUT2D eigenvalue weighted by Crippen LogP contribution is -2.48. The Kier molecular flexibility index (Phi) is 4.98. The summed E-state index contributed by atoms with van der Waals surface area (Å²) in [4.78, 5) is 6.87. The number of hydrogen-bond donors (Lipinski definition) is 1. The van der Waals surface area contributed by atoms with Gasteiger partial charge in [-0.3, -0.25) is 4.99 Å². The third-order valence-corrected chi connectivity index (χ3v) is 5.03. The van der Waals surface area contributed by atoms with Crippen LogP contribution in [-0.4, -0.2) is 43.2 Å². The molecule has 2 aliphatic carbocycles. The van der Waals surface area contributed by atoms with E-state index in [-0.39, 0.29) is 30.1 Å². The van der Waals surface area contributed by atoms with E-state index < -0.39 is 0 Å². The minimum atomic E-state index is 0. The van der Waals surface area contributed by atoms with Crippen LogP contribution in [0.5, 0.6) is 0 Å². The summed E-state index contributed by atoms with van der Waals surface area (Å²) in [7, 11) is 0. The van der Waals surface area contributed by atoms with Gasteiger partial charge in [-0.1, -0.05) is 0 Å². The summed E-state index contributed by atoms with van der Waals surface area (Å²) in [6.45, 7) is 5.57. The van der Waals surface area contributed by atoms with Crippen LogP contribution in [0.15, 0.2) is 4.99 Å². The summed E-state index contributed by atoms with van der Waals surface area (Å²) in [6, 6.07) is 0. The van der Waals surface area contributed by atoms with Crippen molar-refractivity contribution in [2.24, 2.45) is 22.1 Å². The molecule has 0 amide bonds. The summed E-state index contributed by atoms with van der Waals surface area (Å²) >= 11 is 0. The first-order valence-electron chi connectivity index (χ1n) is 7.33. The van der Waals surface area contributed by atoms with Gasteiger partial charge >= 0.3 is 0 Å². The van der Waals surface area contributed by atoms with Gasteiger partial charge in [0.2, 0.25) is 0 Å². The molecule has 19 heavy (non-hydrogen) atoms. The monoisotopic (exact) mass is 379 g/mol. The third kappa shape index (κ3) is 3.35. The number of morpholine rings is 1. The van der Waals surface area contributed by atoms with Crippen molar-refractivity contribution in [2.45, 2.75) is 45.1 Å². The number of nitrogens with two attached hydrogens (primary N) is 1. The first-order chi connectivity index (χ1) is 8.67. The molecule has 110 valence electrons. The van der Waals surface area contributed by atoms with Crippen LogP contribution in [0, 0.1) is 11.3 Å². The van der Waals surface area contributed by atoms with Crippen LogP contribution in [-0.2, 0) is 4.74 Å². The average molecular weight is 379 g/mol. The SMILES string of the molecule is CC1CN(C(N)=NCC23CCC(CC2)C3)CCO1.I. The second-order valence-electron chi connectivity index (χ2n) is 6.45. The Balaban J connectivity index is 0.00000133. The number of aliphatic imine (C=N–C) groups is 1. The van der Waals surface area contributed by atoms with E-state index in [1.807, 2.05) is 0 Å². The quantitative estimate of drug-likeness (QED) is 0.455. The lowest BCUT2D eigenvalue weighted by Gasteiger charge is -2.32. The highest BCUT2D eigenvalue weighted by Gasteiger charge is 2.44. The lowest BCUT2D eigenvalue weighted by atomic mass is 9.84. The molecule has 0 aromatic heterocycles. The van der Waals surface area contributed by atoms with Crippen molar-refractivity contribution in [1.82, 2.24) is 4.90 Å². The molecule has 3 aliphatic rings. The molecule has 3 rings (SSSR count). The Morgan fingerprint density at radius 2 is 2.16 bits per heavy atom. The molecule has 1 aliphatic heterocycles. The minimum Gasteiger partial charge on any atom is -0.375 e. The zero-order valence-electron chi connectivity index (χ0n) is 11.8. The van der Waals surface area contributed by atoms with Gasteiger partial charge in [-0.15, -0.1) is 24.0 Å². The summed E-state index contributed by atoms with van der Waals surface area (Å²) < 4.78 is 5.53. The van der Waals surface area contributed by atoms with Gasteiger partial charge in [-0.2, -0.15) is 0 Å². The summed E-state index contributed by atoms with van der Waals surface area (Å²) in [5, 5.41) is 0. The summed E-state index contributed by atoms with van der Waals surface area (Å²) in [5.41, 5.74) is 6.64. The highest BCUT2D eigenvalue weighted by atomic mass is 127. The first-order valence-corrected chi connectivity index (χ1v) is 7.33. The van der Waals surface area contributed by atoms with Crippen LogP contribution in [0.3, 0.4) is 0 Å². The standard InChI is InChI=1S/C14H25N3O.HI/c1-11-9-17(6-7-18-11)13(15)16-10-14-4-2-12(8-14)3-5-14;/h11-12H,2-10H2,1H3,(H2,15,16);1H. The van der Waals surface area contributed by atoms with Crippen LogP contribution in [0.1, 0.15) is 39.0 Å². The van der Waals surface area contributed by atoms with Crippen LogP contribution in [0.25, 0.3) is 0 Å². The molecule has 1 unspecified atom stereocenters. The Hall–Kier alpha value is -0.0400. The Morgan fingerprint density at radius 3 is 2.74 bits per heavy atom. The zero-order valence-corrected chi connectivity index (χ0v) is 14.1. The smallest absolute Gasteiger partial charge is 0.191 e. The Labute approximate surface area is 133 Å². The maximum Gasteiger partial charge on any atom is 0.191 e. The number of hydrogen-bond acceptors (Lipinski definition) is 2. The van der Waals surface area contributed by atoms with Gasteiger partial charge in [0.1, 0.15) is 0 Å². The van der Waals surface area contributed by atoms with Gasteiger partial charge in [0.05, 0.1) is 12.7 Å². The van der Waals surface area contributed by atoms with Crippen molar-refractivity contribution in [2.75, 3.05) is 26.2 Å². The van der Waals surface area contributed by atoms with Crippen molar-refractivity contribution in [3.8, 4) is 0 Å². The highest BCUT2D eigenvalue weighted by molar-refractivity contribution is 14.0. The molecule has 2 bridgehead atoms. The van der Waals surface area contributed by atoms with Gasteiger partial charge in [0, 0.05) is 19.6 Å². The molecule has 1 saturated heterocycles. The van der Waals surface area contributed by atoms with E-state index in [9.17, 15) is 0 Å². The van der Waals surface area contributed by atoms with E-state index in [4.69, 9.17) is 15.5 Å². The molecule has 4 nitrogen and oxygen atoms in total. The van der Waals surface area contributed by atoms with Crippen molar-refractivity contribution in [1.29, 1.82) is 0 Å². The number of halogens is 1. The van der Waals surface area contributed by atoms with E-state index in [0.717, 1.165) is 38.1 Å². The second kappa shape index (κ2) is 6.16. The fourth-order valence-electron chi connectivity index (χ4n) is 3.91. The van der Waals surface area contributed by atoms with Crippen LogP contribution < -0.4 is 5.73 Å². The molecule has 2 N–H and O–H groups in total. The zero-order chi connectivity index (χ0) is 12.6. The van der Waals surface area contributed by atoms with Crippen molar-refractivity contribution < 1.29 is 4.74 Å². The van der Waals surface area contributed by atoms with Gasteiger partial charge < -0.3 is 15.4 Å². The molecular formula is C14H26IN3O. The molecule has 2 saturated carbocycles. The summed E-state index contributed by atoms with van der Waals surface area (Å²) in [5.74, 6) is 1.72. The number of rotatable bonds is 2. The normalized spacial score (nSPS) is 38.4. The van der Waals surface area contributed by atoms with Gasteiger partial charge in [0.15, 0.2) is 5.96 Å². The molecule has 0 radical (unpaired) electrons. The van der Waals surface area contributed by atoms with E-state index >= 15 is 0 Å². The van der Waals surface area contributed by atoms with Gasteiger partial charge in [-0.05, 0) is 50.4 Å². The third-order valence-electron chi connectivity index (χ3n) is 5.03. The van der Waals surface area contributed by atoms with Gasteiger partial charge in [0.25, 0.3) is 0 Å². The Bertz CT molecular complexity index is 340. The first kappa shape index (κ1) is 15.4. The molecule has 1 atom stereocenters. The molecule has 1 heterocycles. The molecule has 5 heteroatoms. The van der Waals surface area contributed by atoms with Crippen molar-refractivity contribution >= 4 is 29.9 Å². The van der Waals surface area contributed by atoms with Crippen LogP contribution >= 0.6 is 24.0 Å². The number of guanidine groups is 1. The van der Waals surface area contributed by atoms with Gasteiger partial charge in [-0.25, -0.2) is 0 Å². The van der Waals surface area contributed by atoms with Crippen LogP contribution in [0.2, 0.25) is 0 Å². The van der Waals surface area contributed by atoms with E-state index in [1.165, 1.54) is 32.1 Å². The average Bonchev–Trinajstić information content (AvgIpc) is 2.97. The molecule has 0 spiro atoms. The molecular weight excluding hydrogens is 353 g/mol. The fraction of sp³-hybridized carbons (Fsp3) is 0.929. The van der Waals surface area contributed by atoms with E-state index in [0.29, 0.717) is 5.41 Å². The van der Waals surface area contributed by atoms with E-state index in [2.05, 4.69) is 11.8 Å². The van der Waals surface area contributed by atoms with Crippen molar-refractivity contribution in [3.05, 3.63) is 0 Å². The maximum atomic E-state index is 6.14. The molecule has 0 aromatic rings. The predicted molar refractivity (Wildman–Crippen MR) is 87.9 cm³/mol. The van der Waals surface area contributed by atoms with Crippen molar-refractivity contribution in [3.63, 3.8) is 0 Å². The topological polar surface area (TPSA) is 50.8 Å². The summed E-state index contributed by atoms with van der Waals surface area (Å²) in [6.07, 6.45) is 7.24. The number of ether oxygens (including phenoxy) is 1. The number of nitrogens with zero attached hydrogens (tertiary/aromatic N) is 2. The van der Waals surface area contributed by atoms with Crippen LogP contribution in [0.4, 0.5) is 0 Å². The maximum absolute atomic E-state index is 6.14. The second-order valence-corrected chi connectivity index (χ2v) is 6.45. The largest absolute Gasteiger partial charge is 0.375 e. The van der Waals surface area contributed by atoms with E-state index in [1.54, 1.807) is 0 Å².